The number of rotatable bonds is 8. The minimum Gasteiger partial charge on any atom is -0.507 e. The summed E-state index contributed by atoms with van der Waals surface area (Å²) in [5.41, 5.74) is 2.82. The van der Waals surface area contributed by atoms with E-state index in [9.17, 15) is 19.4 Å². The van der Waals surface area contributed by atoms with Crippen molar-refractivity contribution in [3.05, 3.63) is 59.1 Å². The zero-order valence-corrected chi connectivity index (χ0v) is 21.1. The predicted molar refractivity (Wildman–Crippen MR) is 140 cm³/mol. The van der Waals surface area contributed by atoms with E-state index in [2.05, 4.69) is 15.0 Å². The summed E-state index contributed by atoms with van der Waals surface area (Å²) >= 11 is 1.35. The fourth-order valence-corrected chi connectivity index (χ4v) is 6.40. The van der Waals surface area contributed by atoms with Crippen LogP contribution in [0, 0.1) is 11.7 Å². The summed E-state index contributed by atoms with van der Waals surface area (Å²) in [6.45, 7) is 1.70. The number of nitrogens with zero attached hydrogens (tertiary/aromatic N) is 3. The topological polar surface area (TPSA) is 99.7 Å². The first-order chi connectivity index (χ1) is 18.0. The molecule has 4 aromatic rings. The number of thiazole rings is 1. The summed E-state index contributed by atoms with van der Waals surface area (Å²) < 4.78 is 20.7. The molecule has 0 bridgehead atoms. The lowest BCUT2D eigenvalue weighted by molar-refractivity contribution is 0.0696. The third-order valence-electron chi connectivity index (χ3n) is 7.53. The highest BCUT2D eigenvalue weighted by Crippen LogP contribution is 2.45. The molecule has 0 amide bonds. The van der Waals surface area contributed by atoms with Crippen LogP contribution in [0.5, 0.6) is 5.75 Å². The standard InChI is InChI=1S/C28H28FN3O4S/c29-21-14-18(27(34)35)15-23-25(21)30-28(37-23)32-12-10-16(11-13-32)4-3-6-20-24(19-5-1-2-7-22(19)33)31-36-26(20)17-8-9-17/h1-2,5,7,14-17,33H,3-4,6,8-13H2,(H,34,35). The van der Waals surface area contributed by atoms with Crippen LogP contribution in [0.25, 0.3) is 21.5 Å². The van der Waals surface area contributed by atoms with Crippen LogP contribution in [0.3, 0.4) is 0 Å². The molecule has 6 rings (SSSR count). The summed E-state index contributed by atoms with van der Waals surface area (Å²) in [5.74, 6) is 0.534. The van der Waals surface area contributed by atoms with Gasteiger partial charge in [-0.25, -0.2) is 14.2 Å². The third kappa shape index (κ3) is 4.80. The van der Waals surface area contributed by atoms with Crippen molar-refractivity contribution in [1.29, 1.82) is 0 Å². The number of hydrogen-bond acceptors (Lipinski definition) is 7. The van der Waals surface area contributed by atoms with Crippen LogP contribution in [0.2, 0.25) is 0 Å². The van der Waals surface area contributed by atoms with Gasteiger partial charge in [-0.05, 0) is 75.1 Å². The maximum Gasteiger partial charge on any atom is 0.335 e. The van der Waals surface area contributed by atoms with E-state index in [-0.39, 0.29) is 16.8 Å². The van der Waals surface area contributed by atoms with Crippen LogP contribution >= 0.6 is 11.3 Å². The smallest absolute Gasteiger partial charge is 0.335 e. The van der Waals surface area contributed by atoms with Gasteiger partial charge < -0.3 is 19.6 Å². The van der Waals surface area contributed by atoms with Crippen molar-refractivity contribution in [2.24, 2.45) is 5.92 Å². The number of carboxylic acids is 1. The number of para-hydroxylation sites is 1. The molecule has 0 radical (unpaired) electrons. The Bertz CT molecular complexity index is 1450. The quantitative estimate of drug-likeness (QED) is 0.269. The van der Waals surface area contributed by atoms with E-state index in [1.807, 2.05) is 18.2 Å². The van der Waals surface area contributed by atoms with Crippen molar-refractivity contribution < 1.29 is 23.9 Å². The molecule has 2 fully saturated rings. The fraction of sp³-hybridized carbons (Fsp3) is 0.393. The van der Waals surface area contributed by atoms with Gasteiger partial charge in [0.2, 0.25) is 0 Å². The van der Waals surface area contributed by atoms with Gasteiger partial charge in [0, 0.05) is 30.1 Å². The number of carbonyl (C=O) groups is 1. The molecule has 37 heavy (non-hydrogen) atoms. The Kier molecular flexibility index (Phi) is 6.32. The molecule has 1 aliphatic carbocycles. The van der Waals surface area contributed by atoms with Crippen molar-refractivity contribution in [3.63, 3.8) is 0 Å². The second-order valence-corrected chi connectivity index (χ2v) is 11.1. The summed E-state index contributed by atoms with van der Waals surface area (Å²) in [5, 5.41) is 24.7. The second-order valence-electron chi connectivity index (χ2n) is 10.1. The number of aromatic nitrogens is 2. The van der Waals surface area contributed by atoms with E-state index >= 15 is 0 Å². The highest BCUT2D eigenvalue weighted by molar-refractivity contribution is 7.22. The minimum absolute atomic E-state index is 0.0535. The molecule has 2 aromatic carbocycles. The van der Waals surface area contributed by atoms with E-state index in [1.54, 1.807) is 6.07 Å². The summed E-state index contributed by atoms with van der Waals surface area (Å²) in [6, 6.07) is 9.82. The molecule has 0 spiro atoms. The van der Waals surface area contributed by atoms with Gasteiger partial charge in [0.05, 0.1) is 10.3 Å². The molecule has 192 valence electrons. The van der Waals surface area contributed by atoms with Gasteiger partial charge in [-0.1, -0.05) is 28.6 Å². The van der Waals surface area contributed by atoms with Crippen LogP contribution in [-0.2, 0) is 6.42 Å². The monoisotopic (exact) mass is 521 g/mol. The molecule has 2 N–H and O–H groups in total. The number of piperidine rings is 1. The van der Waals surface area contributed by atoms with Gasteiger partial charge >= 0.3 is 5.97 Å². The lowest BCUT2D eigenvalue weighted by Crippen LogP contribution is -2.33. The zero-order valence-electron chi connectivity index (χ0n) is 20.3. The Hall–Kier alpha value is -3.46. The molecule has 1 saturated carbocycles. The number of phenols is 1. The summed E-state index contributed by atoms with van der Waals surface area (Å²) in [7, 11) is 0. The number of aromatic hydroxyl groups is 1. The minimum atomic E-state index is -1.14. The Morgan fingerprint density at radius 3 is 2.68 bits per heavy atom. The molecule has 0 unspecified atom stereocenters. The first-order valence-electron chi connectivity index (χ1n) is 12.8. The Labute approximate surface area is 217 Å². The van der Waals surface area contributed by atoms with Crippen molar-refractivity contribution >= 4 is 32.7 Å². The molecule has 1 saturated heterocycles. The van der Waals surface area contributed by atoms with Gasteiger partial charge in [0.25, 0.3) is 0 Å². The van der Waals surface area contributed by atoms with Crippen molar-refractivity contribution in [1.82, 2.24) is 10.1 Å². The fourth-order valence-electron chi connectivity index (χ4n) is 5.33. The predicted octanol–water partition coefficient (Wildman–Crippen LogP) is 6.61. The molecule has 9 heteroatoms. The average molecular weight is 522 g/mol. The number of fused-ring (bicyclic) bond motifs is 1. The molecule has 1 aliphatic heterocycles. The number of carboxylic acid groups (broad SMARTS) is 1. The molecular formula is C28H28FN3O4S. The largest absolute Gasteiger partial charge is 0.507 e. The molecule has 2 aliphatic rings. The van der Waals surface area contributed by atoms with Crippen molar-refractivity contribution in [3.8, 4) is 17.0 Å². The molecule has 7 nitrogen and oxygen atoms in total. The summed E-state index contributed by atoms with van der Waals surface area (Å²) in [6.07, 6.45) is 7.33. The molecule has 3 heterocycles. The lowest BCUT2D eigenvalue weighted by Gasteiger charge is -2.31. The highest BCUT2D eigenvalue weighted by Gasteiger charge is 2.33. The van der Waals surface area contributed by atoms with Crippen LogP contribution in [0.15, 0.2) is 40.9 Å². The summed E-state index contributed by atoms with van der Waals surface area (Å²) in [4.78, 5) is 17.9. The second kappa shape index (κ2) is 9.78. The van der Waals surface area contributed by atoms with Crippen LogP contribution in [-0.4, -0.2) is 39.4 Å². The first kappa shape index (κ1) is 23.9. The van der Waals surface area contributed by atoms with E-state index < -0.39 is 11.8 Å². The number of anilines is 1. The molecule has 0 atom stereocenters. The highest BCUT2D eigenvalue weighted by atomic mass is 32.1. The van der Waals surface area contributed by atoms with Gasteiger partial charge in [-0.15, -0.1) is 0 Å². The van der Waals surface area contributed by atoms with E-state index in [1.165, 1.54) is 17.4 Å². The van der Waals surface area contributed by atoms with Gasteiger partial charge in [0.15, 0.2) is 10.9 Å². The lowest BCUT2D eigenvalue weighted by atomic mass is 9.90. The van der Waals surface area contributed by atoms with Gasteiger partial charge in [-0.2, -0.15) is 0 Å². The first-order valence-corrected chi connectivity index (χ1v) is 13.6. The number of aromatic carboxylic acids is 1. The Balaban J connectivity index is 1.08. The Morgan fingerprint density at radius 1 is 1.16 bits per heavy atom. The number of benzene rings is 2. The van der Waals surface area contributed by atoms with Crippen LogP contribution in [0.4, 0.5) is 9.52 Å². The van der Waals surface area contributed by atoms with E-state index in [4.69, 9.17) is 4.52 Å². The SMILES string of the molecule is O=C(O)c1cc(F)c2nc(N3CCC(CCCc4c(-c5ccccc5O)noc4C4CC4)CC3)sc2c1. The van der Waals surface area contributed by atoms with Crippen molar-refractivity contribution in [2.45, 2.75) is 50.9 Å². The Morgan fingerprint density at radius 2 is 1.95 bits per heavy atom. The molecular weight excluding hydrogens is 493 g/mol. The van der Waals surface area contributed by atoms with Crippen LogP contribution in [0.1, 0.15) is 66.1 Å². The van der Waals surface area contributed by atoms with Gasteiger partial charge in [0.1, 0.15) is 22.7 Å². The number of phenolic OH excluding ortho intramolecular Hbond substituents is 1. The molecule has 2 aromatic heterocycles. The van der Waals surface area contributed by atoms with Crippen LogP contribution < -0.4 is 4.90 Å². The maximum absolute atomic E-state index is 14.4. The number of hydrogen-bond donors (Lipinski definition) is 2. The maximum atomic E-state index is 14.4. The van der Waals surface area contributed by atoms with E-state index in [0.717, 1.165) is 91.8 Å². The van der Waals surface area contributed by atoms with Crippen molar-refractivity contribution in [2.75, 3.05) is 18.0 Å². The average Bonchev–Trinajstić information content (AvgIpc) is 3.50. The van der Waals surface area contributed by atoms with Gasteiger partial charge in [-0.3, -0.25) is 0 Å². The normalized spacial score (nSPS) is 16.5. The van der Waals surface area contributed by atoms with E-state index in [0.29, 0.717) is 16.5 Å². The third-order valence-corrected chi connectivity index (χ3v) is 8.60. The zero-order chi connectivity index (χ0) is 25.5. The number of halogens is 1.